The number of fused-ring (bicyclic) bond motifs is 1. The normalized spacial score (nSPS) is 14.7. The van der Waals surface area contributed by atoms with E-state index >= 15 is 0 Å². The first-order valence-corrected chi connectivity index (χ1v) is 6.85. The molecule has 1 N–H and O–H groups in total. The lowest BCUT2D eigenvalue weighted by Crippen LogP contribution is -2.33. The minimum Gasteiger partial charge on any atom is -0.383 e. The van der Waals surface area contributed by atoms with Gasteiger partial charge in [-0.15, -0.1) is 0 Å². The van der Waals surface area contributed by atoms with Crippen LogP contribution in [0.5, 0.6) is 0 Å². The van der Waals surface area contributed by atoms with Gasteiger partial charge in [-0.1, -0.05) is 6.07 Å². The molecule has 2 heterocycles. The lowest BCUT2D eigenvalue weighted by atomic mass is 10.1. The van der Waals surface area contributed by atoms with E-state index in [0.717, 1.165) is 37.6 Å². The molecular formula is C14H17N5O2. The minimum absolute atomic E-state index is 0.107. The maximum absolute atomic E-state index is 10.9. The van der Waals surface area contributed by atoms with Crippen molar-refractivity contribution in [3.8, 4) is 0 Å². The van der Waals surface area contributed by atoms with Crippen LogP contribution in [0, 0.1) is 10.1 Å². The zero-order valence-corrected chi connectivity index (χ0v) is 11.8. The molecule has 110 valence electrons. The van der Waals surface area contributed by atoms with Crippen LogP contribution in [-0.4, -0.2) is 33.0 Å². The third-order valence-electron chi connectivity index (χ3n) is 3.76. The van der Waals surface area contributed by atoms with Gasteiger partial charge in [0.2, 0.25) is 0 Å². The number of nitrogens with zero attached hydrogens (tertiary/aromatic N) is 4. The minimum atomic E-state index is -0.368. The van der Waals surface area contributed by atoms with Crippen LogP contribution in [0.2, 0.25) is 0 Å². The SMILES string of the molecule is CNc1cc(CN2CCn3ccnc3C2)ccc1[N+](=O)[O-]. The van der Waals surface area contributed by atoms with Crippen molar-refractivity contribution in [3.05, 3.63) is 52.1 Å². The lowest BCUT2D eigenvalue weighted by Gasteiger charge is -2.27. The molecule has 1 aliphatic rings. The summed E-state index contributed by atoms with van der Waals surface area (Å²) in [7, 11) is 1.70. The number of imidazole rings is 1. The standard InChI is InChI=1S/C14H17N5O2/c1-15-12-8-11(2-3-13(12)19(20)21)9-17-6-7-18-5-4-16-14(18)10-17/h2-5,8,15H,6-7,9-10H2,1H3. The molecule has 1 aromatic heterocycles. The first kappa shape index (κ1) is 13.6. The molecule has 7 heteroatoms. The topological polar surface area (TPSA) is 76.2 Å². The monoisotopic (exact) mass is 287 g/mol. The third-order valence-corrected chi connectivity index (χ3v) is 3.76. The van der Waals surface area contributed by atoms with E-state index in [9.17, 15) is 10.1 Å². The Balaban J connectivity index is 1.75. The fraction of sp³-hybridized carbons (Fsp3) is 0.357. The zero-order valence-electron chi connectivity index (χ0n) is 11.8. The van der Waals surface area contributed by atoms with Gasteiger partial charge in [0.1, 0.15) is 11.5 Å². The van der Waals surface area contributed by atoms with Gasteiger partial charge in [-0.25, -0.2) is 4.98 Å². The van der Waals surface area contributed by atoms with Crippen LogP contribution in [0.15, 0.2) is 30.6 Å². The number of hydrogen-bond acceptors (Lipinski definition) is 5. The van der Waals surface area contributed by atoms with Crippen molar-refractivity contribution in [2.45, 2.75) is 19.6 Å². The highest BCUT2D eigenvalue weighted by atomic mass is 16.6. The summed E-state index contributed by atoms with van der Waals surface area (Å²) in [6.07, 6.45) is 3.82. The smallest absolute Gasteiger partial charge is 0.292 e. The molecule has 0 amide bonds. The van der Waals surface area contributed by atoms with E-state index in [4.69, 9.17) is 0 Å². The van der Waals surface area contributed by atoms with Gasteiger partial charge in [0.15, 0.2) is 0 Å². The first-order valence-electron chi connectivity index (χ1n) is 6.85. The van der Waals surface area contributed by atoms with Crippen molar-refractivity contribution in [1.82, 2.24) is 14.5 Å². The summed E-state index contributed by atoms with van der Waals surface area (Å²) < 4.78 is 2.16. The highest BCUT2D eigenvalue weighted by Gasteiger charge is 2.18. The second-order valence-electron chi connectivity index (χ2n) is 5.11. The third kappa shape index (κ3) is 2.73. The van der Waals surface area contributed by atoms with Gasteiger partial charge in [0, 0.05) is 45.1 Å². The molecule has 0 radical (unpaired) electrons. The number of hydrogen-bond donors (Lipinski definition) is 1. The fourth-order valence-corrected chi connectivity index (χ4v) is 2.66. The Hall–Kier alpha value is -2.41. The van der Waals surface area contributed by atoms with Crippen LogP contribution in [0.3, 0.4) is 0 Å². The van der Waals surface area contributed by atoms with Crippen LogP contribution in [0.25, 0.3) is 0 Å². The average molecular weight is 287 g/mol. The predicted octanol–water partition coefficient (Wildman–Crippen LogP) is 1.85. The van der Waals surface area contributed by atoms with Gasteiger partial charge in [-0.05, 0) is 11.6 Å². The molecular weight excluding hydrogens is 270 g/mol. The van der Waals surface area contributed by atoms with E-state index in [1.807, 2.05) is 24.5 Å². The molecule has 0 aliphatic carbocycles. The molecule has 2 aromatic rings. The number of nitro benzene ring substituents is 1. The summed E-state index contributed by atoms with van der Waals surface area (Å²) >= 11 is 0. The summed E-state index contributed by atoms with van der Waals surface area (Å²) in [6, 6.07) is 5.23. The maximum atomic E-state index is 10.9. The molecule has 0 unspecified atom stereocenters. The van der Waals surface area contributed by atoms with Crippen LogP contribution in [-0.2, 0) is 19.6 Å². The second kappa shape index (κ2) is 5.53. The Labute approximate surface area is 122 Å². The molecule has 0 atom stereocenters. The molecule has 0 bridgehead atoms. The van der Waals surface area contributed by atoms with E-state index in [1.54, 1.807) is 13.1 Å². The van der Waals surface area contributed by atoms with Crippen molar-refractivity contribution in [3.63, 3.8) is 0 Å². The lowest BCUT2D eigenvalue weighted by molar-refractivity contribution is -0.384. The summed E-state index contributed by atoms with van der Waals surface area (Å²) in [5.74, 6) is 1.07. The molecule has 1 aliphatic heterocycles. The quantitative estimate of drug-likeness (QED) is 0.686. The Morgan fingerprint density at radius 1 is 1.43 bits per heavy atom. The van der Waals surface area contributed by atoms with Crippen molar-refractivity contribution in [1.29, 1.82) is 0 Å². The Morgan fingerprint density at radius 2 is 2.29 bits per heavy atom. The van der Waals surface area contributed by atoms with Gasteiger partial charge in [0.05, 0.1) is 11.5 Å². The van der Waals surface area contributed by atoms with E-state index in [1.165, 1.54) is 0 Å². The van der Waals surface area contributed by atoms with Crippen LogP contribution in [0.4, 0.5) is 11.4 Å². The highest BCUT2D eigenvalue weighted by molar-refractivity contribution is 5.62. The Bertz CT molecular complexity index is 667. The molecule has 0 saturated carbocycles. The van der Waals surface area contributed by atoms with Gasteiger partial charge in [0.25, 0.3) is 5.69 Å². The molecule has 0 saturated heterocycles. The molecule has 0 spiro atoms. The number of anilines is 1. The second-order valence-corrected chi connectivity index (χ2v) is 5.11. The molecule has 7 nitrogen and oxygen atoms in total. The number of nitro groups is 1. The number of nitrogens with one attached hydrogen (secondary N) is 1. The van der Waals surface area contributed by atoms with Crippen molar-refractivity contribution < 1.29 is 4.92 Å². The summed E-state index contributed by atoms with van der Waals surface area (Å²) in [5.41, 5.74) is 1.72. The predicted molar refractivity (Wildman–Crippen MR) is 79.0 cm³/mol. The largest absolute Gasteiger partial charge is 0.383 e. The zero-order chi connectivity index (χ0) is 14.8. The Kier molecular flexibility index (Phi) is 3.57. The summed E-state index contributed by atoms with van der Waals surface area (Å²) in [6.45, 7) is 3.45. The average Bonchev–Trinajstić information content (AvgIpc) is 2.94. The summed E-state index contributed by atoms with van der Waals surface area (Å²) in [4.78, 5) is 17.2. The van der Waals surface area contributed by atoms with Gasteiger partial charge in [-0.2, -0.15) is 0 Å². The van der Waals surface area contributed by atoms with Crippen molar-refractivity contribution >= 4 is 11.4 Å². The van der Waals surface area contributed by atoms with E-state index in [2.05, 4.69) is 19.8 Å². The molecule has 0 fully saturated rings. The molecule has 1 aromatic carbocycles. The number of aromatic nitrogens is 2. The van der Waals surface area contributed by atoms with Crippen LogP contribution < -0.4 is 5.32 Å². The van der Waals surface area contributed by atoms with E-state index in [0.29, 0.717) is 5.69 Å². The van der Waals surface area contributed by atoms with Gasteiger partial charge in [-0.3, -0.25) is 15.0 Å². The number of rotatable bonds is 4. The maximum Gasteiger partial charge on any atom is 0.292 e. The van der Waals surface area contributed by atoms with Crippen LogP contribution >= 0.6 is 0 Å². The first-order chi connectivity index (χ1) is 10.2. The highest BCUT2D eigenvalue weighted by Crippen LogP contribution is 2.26. The van der Waals surface area contributed by atoms with Gasteiger partial charge >= 0.3 is 0 Å². The van der Waals surface area contributed by atoms with Crippen LogP contribution in [0.1, 0.15) is 11.4 Å². The van der Waals surface area contributed by atoms with E-state index < -0.39 is 0 Å². The number of benzene rings is 1. The molecule has 21 heavy (non-hydrogen) atoms. The van der Waals surface area contributed by atoms with Crippen molar-refractivity contribution in [2.75, 3.05) is 18.9 Å². The summed E-state index contributed by atoms with van der Waals surface area (Å²) in [5, 5.41) is 13.8. The fourth-order valence-electron chi connectivity index (χ4n) is 2.66. The molecule has 3 rings (SSSR count). The van der Waals surface area contributed by atoms with Gasteiger partial charge < -0.3 is 9.88 Å². The van der Waals surface area contributed by atoms with E-state index in [-0.39, 0.29) is 10.6 Å². The Morgan fingerprint density at radius 3 is 3.05 bits per heavy atom. The van der Waals surface area contributed by atoms with Crippen molar-refractivity contribution in [2.24, 2.45) is 0 Å².